The molecular weight excluding hydrogens is 518 g/mol. The lowest BCUT2D eigenvalue weighted by atomic mass is 9.98. The summed E-state index contributed by atoms with van der Waals surface area (Å²) in [6.45, 7) is 1.88. The molecule has 3 atom stereocenters. The number of benzene rings is 2. The molecule has 1 fully saturated rings. The lowest BCUT2D eigenvalue weighted by Gasteiger charge is -2.28. The lowest BCUT2D eigenvalue weighted by Crippen LogP contribution is -2.52. The summed E-state index contributed by atoms with van der Waals surface area (Å²) in [6, 6.07) is 11.6. The third-order valence-corrected chi connectivity index (χ3v) is 6.48. The van der Waals surface area contributed by atoms with Crippen LogP contribution in [0.3, 0.4) is 0 Å². The SMILES string of the molecule is CCOC(=O)CC1OCCCCC(NC(=O)c2ccc(OC)cc2)C(=O)NCC(=O)N[C@H]1Cc1ccc(O)cc1. The summed E-state index contributed by atoms with van der Waals surface area (Å²) < 4.78 is 16.3. The molecule has 2 aromatic carbocycles. The van der Waals surface area contributed by atoms with Crippen molar-refractivity contribution in [1.82, 2.24) is 16.0 Å². The first kappa shape index (κ1) is 30.4. The Morgan fingerprint density at radius 2 is 1.80 bits per heavy atom. The van der Waals surface area contributed by atoms with Gasteiger partial charge in [0.1, 0.15) is 17.5 Å². The monoisotopic (exact) mass is 555 g/mol. The molecule has 0 saturated carbocycles. The summed E-state index contributed by atoms with van der Waals surface area (Å²) in [5.41, 5.74) is 1.19. The molecule has 0 radical (unpaired) electrons. The Labute approximate surface area is 233 Å². The number of esters is 1. The van der Waals surface area contributed by atoms with Crippen molar-refractivity contribution in [2.24, 2.45) is 0 Å². The van der Waals surface area contributed by atoms with E-state index in [1.807, 2.05) is 0 Å². The van der Waals surface area contributed by atoms with E-state index in [0.29, 0.717) is 37.0 Å². The van der Waals surface area contributed by atoms with E-state index in [9.17, 15) is 24.3 Å². The zero-order chi connectivity index (χ0) is 28.9. The van der Waals surface area contributed by atoms with Crippen LogP contribution >= 0.6 is 0 Å². The predicted molar refractivity (Wildman–Crippen MR) is 146 cm³/mol. The molecule has 0 spiro atoms. The van der Waals surface area contributed by atoms with E-state index in [4.69, 9.17) is 14.2 Å². The summed E-state index contributed by atoms with van der Waals surface area (Å²) in [5, 5.41) is 17.9. The highest BCUT2D eigenvalue weighted by atomic mass is 16.5. The molecular formula is C29H37N3O8. The van der Waals surface area contributed by atoms with Gasteiger partial charge in [0.15, 0.2) is 0 Å². The fourth-order valence-electron chi connectivity index (χ4n) is 4.35. The van der Waals surface area contributed by atoms with Crippen LogP contribution in [-0.2, 0) is 30.3 Å². The van der Waals surface area contributed by atoms with E-state index in [1.54, 1.807) is 55.5 Å². The molecule has 11 nitrogen and oxygen atoms in total. The van der Waals surface area contributed by atoms with Crippen LogP contribution in [0.15, 0.2) is 48.5 Å². The topological polar surface area (TPSA) is 152 Å². The lowest BCUT2D eigenvalue weighted by molar-refractivity contribution is -0.147. The second kappa shape index (κ2) is 15.5. The second-order valence-electron chi connectivity index (χ2n) is 9.43. The van der Waals surface area contributed by atoms with Crippen molar-refractivity contribution < 1.29 is 38.5 Å². The molecule has 0 bridgehead atoms. The van der Waals surface area contributed by atoms with E-state index < -0.39 is 41.9 Å². The number of aromatic hydroxyl groups is 1. The summed E-state index contributed by atoms with van der Waals surface area (Å²) in [5.74, 6) is -1.11. The number of phenols is 1. The molecule has 216 valence electrons. The highest BCUT2D eigenvalue weighted by Crippen LogP contribution is 2.17. The van der Waals surface area contributed by atoms with Crippen LogP contribution in [0.5, 0.6) is 11.5 Å². The van der Waals surface area contributed by atoms with Crippen molar-refractivity contribution in [2.75, 3.05) is 26.9 Å². The highest BCUT2D eigenvalue weighted by molar-refractivity contribution is 5.98. The molecule has 1 saturated heterocycles. The minimum absolute atomic E-state index is 0.0657. The fourth-order valence-corrected chi connectivity index (χ4v) is 4.35. The van der Waals surface area contributed by atoms with Crippen molar-refractivity contribution >= 4 is 23.7 Å². The number of amides is 3. The van der Waals surface area contributed by atoms with Gasteiger partial charge in [-0.05, 0) is 74.6 Å². The maximum absolute atomic E-state index is 13.0. The first-order chi connectivity index (χ1) is 19.3. The highest BCUT2D eigenvalue weighted by Gasteiger charge is 2.29. The molecule has 11 heteroatoms. The standard InChI is InChI=1S/C29H37N3O8/c1-3-39-27(35)17-25-24(16-19-7-11-21(33)12-8-19)31-26(34)18-30-29(37)23(6-4-5-15-40-25)32-28(36)20-9-13-22(38-2)14-10-20/h7-14,23-25,33H,3-6,15-18H2,1-2H3,(H,30,37)(H,31,34)(H,32,36)/t23?,24-,25?/m0/s1. The molecule has 3 rings (SSSR count). The van der Waals surface area contributed by atoms with Gasteiger partial charge in [-0.1, -0.05) is 12.1 Å². The van der Waals surface area contributed by atoms with Crippen LogP contribution in [0, 0.1) is 0 Å². The van der Waals surface area contributed by atoms with Crippen molar-refractivity contribution in [1.29, 1.82) is 0 Å². The van der Waals surface area contributed by atoms with Crippen LogP contribution in [0.2, 0.25) is 0 Å². The summed E-state index contributed by atoms with van der Waals surface area (Å²) in [7, 11) is 1.53. The summed E-state index contributed by atoms with van der Waals surface area (Å²) in [6.07, 6.45) is 1.02. The van der Waals surface area contributed by atoms with Gasteiger partial charge < -0.3 is 35.3 Å². The van der Waals surface area contributed by atoms with E-state index in [2.05, 4.69) is 16.0 Å². The summed E-state index contributed by atoms with van der Waals surface area (Å²) >= 11 is 0. The van der Waals surface area contributed by atoms with Crippen molar-refractivity contribution in [2.45, 2.75) is 57.2 Å². The van der Waals surface area contributed by atoms with Crippen LogP contribution in [-0.4, -0.2) is 73.9 Å². The molecule has 1 aliphatic rings. The van der Waals surface area contributed by atoms with Gasteiger partial charge in [0.25, 0.3) is 5.91 Å². The number of ether oxygens (including phenoxy) is 3. The number of hydrogen-bond donors (Lipinski definition) is 4. The molecule has 2 unspecified atom stereocenters. The van der Waals surface area contributed by atoms with Gasteiger partial charge in [0.2, 0.25) is 11.8 Å². The first-order valence-electron chi connectivity index (χ1n) is 13.4. The van der Waals surface area contributed by atoms with Gasteiger partial charge in [-0.25, -0.2) is 0 Å². The van der Waals surface area contributed by atoms with Crippen LogP contribution in [0.4, 0.5) is 0 Å². The van der Waals surface area contributed by atoms with E-state index in [1.165, 1.54) is 7.11 Å². The minimum atomic E-state index is -0.855. The van der Waals surface area contributed by atoms with Crippen LogP contribution in [0.25, 0.3) is 0 Å². The van der Waals surface area contributed by atoms with Gasteiger partial charge in [-0.15, -0.1) is 0 Å². The first-order valence-corrected chi connectivity index (χ1v) is 13.4. The molecule has 2 aromatic rings. The van der Waals surface area contributed by atoms with E-state index in [0.717, 1.165) is 5.56 Å². The number of rotatable bonds is 8. The molecule has 1 heterocycles. The average molecular weight is 556 g/mol. The Kier molecular flexibility index (Phi) is 11.8. The van der Waals surface area contributed by atoms with E-state index in [-0.39, 0.29) is 31.9 Å². The smallest absolute Gasteiger partial charge is 0.308 e. The Hall–Kier alpha value is -4.12. The van der Waals surface area contributed by atoms with Gasteiger partial charge in [-0.3, -0.25) is 19.2 Å². The Morgan fingerprint density at radius 3 is 2.48 bits per heavy atom. The average Bonchev–Trinajstić information content (AvgIpc) is 2.95. The zero-order valence-corrected chi connectivity index (χ0v) is 22.8. The largest absolute Gasteiger partial charge is 0.508 e. The zero-order valence-electron chi connectivity index (χ0n) is 22.8. The molecule has 0 aliphatic carbocycles. The third kappa shape index (κ3) is 9.57. The van der Waals surface area contributed by atoms with Crippen molar-refractivity contribution in [3.8, 4) is 11.5 Å². The molecule has 4 N–H and O–H groups in total. The minimum Gasteiger partial charge on any atom is -0.508 e. The van der Waals surface area contributed by atoms with Crippen molar-refractivity contribution in [3.05, 3.63) is 59.7 Å². The molecule has 1 aliphatic heterocycles. The van der Waals surface area contributed by atoms with Crippen LogP contribution < -0.4 is 20.7 Å². The van der Waals surface area contributed by atoms with Gasteiger partial charge in [-0.2, -0.15) is 0 Å². The van der Waals surface area contributed by atoms with Crippen LogP contribution in [0.1, 0.15) is 48.5 Å². The molecule has 0 aromatic heterocycles. The van der Waals surface area contributed by atoms with Crippen molar-refractivity contribution in [3.63, 3.8) is 0 Å². The predicted octanol–water partition coefficient (Wildman–Crippen LogP) is 1.87. The maximum Gasteiger partial charge on any atom is 0.308 e. The Balaban J connectivity index is 1.73. The van der Waals surface area contributed by atoms with E-state index >= 15 is 0 Å². The molecule has 3 amide bonds. The number of hydrogen-bond acceptors (Lipinski definition) is 8. The normalized spacial score (nSPS) is 20.5. The molecule has 40 heavy (non-hydrogen) atoms. The third-order valence-electron chi connectivity index (χ3n) is 6.48. The second-order valence-corrected chi connectivity index (χ2v) is 9.43. The Morgan fingerprint density at radius 1 is 1.07 bits per heavy atom. The van der Waals surface area contributed by atoms with Gasteiger partial charge in [0, 0.05) is 12.2 Å². The number of nitrogens with one attached hydrogen (secondary N) is 3. The Bertz CT molecular complexity index is 1140. The fraction of sp³-hybridized carbons (Fsp3) is 0.448. The number of phenolic OH excluding ortho intramolecular Hbond substituents is 1. The maximum atomic E-state index is 13.0. The summed E-state index contributed by atoms with van der Waals surface area (Å²) in [4.78, 5) is 51.0. The van der Waals surface area contributed by atoms with Gasteiger partial charge in [0.05, 0.1) is 38.8 Å². The quantitative estimate of drug-likeness (QED) is 0.360. The van der Waals surface area contributed by atoms with Gasteiger partial charge >= 0.3 is 5.97 Å². The number of methoxy groups -OCH3 is 1. The number of carbonyl (C=O) groups excluding carboxylic acids is 4. The number of carbonyl (C=O) groups is 4.